The maximum absolute atomic E-state index is 12.8. The molecule has 0 N–H and O–H groups in total. The fourth-order valence-corrected chi connectivity index (χ4v) is 4.61. The van der Waals surface area contributed by atoms with Crippen LogP contribution in [0.3, 0.4) is 0 Å². The lowest BCUT2D eigenvalue weighted by atomic mass is 10.0. The monoisotopic (exact) mass is 345 g/mol. The highest BCUT2D eigenvalue weighted by Crippen LogP contribution is 2.38. The Hall–Kier alpha value is -1.11. The zero-order valence-corrected chi connectivity index (χ0v) is 14.4. The summed E-state index contributed by atoms with van der Waals surface area (Å²) in [6.07, 6.45) is 0.392. The molecule has 22 heavy (non-hydrogen) atoms. The zero-order chi connectivity index (χ0) is 16.5. The number of esters is 1. The van der Waals surface area contributed by atoms with Crippen LogP contribution in [-0.2, 0) is 19.6 Å². The molecule has 2 atom stereocenters. The summed E-state index contributed by atoms with van der Waals surface area (Å²) in [7, 11) is -3.79. The third-order valence-electron chi connectivity index (χ3n) is 3.82. The van der Waals surface area contributed by atoms with Crippen molar-refractivity contribution >= 4 is 27.6 Å². The number of sulfonamides is 1. The van der Waals surface area contributed by atoms with Gasteiger partial charge in [0.2, 0.25) is 10.0 Å². The van der Waals surface area contributed by atoms with E-state index >= 15 is 0 Å². The van der Waals surface area contributed by atoms with E-state index in [-0.39, 0.29) is 18.0 Å². The average molecular weight is 346 g/mol. The number of halogens is 1. The molecule has 0 aromatic heterocycles. The average Bonchev–Trinajstić information content (AvgIpc) is 2.76. The predicted molar refractivity (Wildman–Crippen MR) is 84.4 cm³/mol. The molecular formula is C15H20ClNO4S. The molecule has 1 aliphatic rings. The molecular weight excluding hydrogens is 326 g/mol. The highest BCUT2D eigenvalue weighted by molar-refractivity contribution is 7.89. The summed E-state index contributed by atoms with van der Waals surface area (Å²) >= 11 is 6.37. The van der Waals surface area contributed by atoms with Crippen LogP contribution in [0.15, 0.2) is 29.2 Å². The standard InChI is InChI=1S/C15H20ClNO4S/c1-4-21-14(18)13-15(3,16)9-10-17(13)22(19,20)12-7-5-11(2)6-8-12/h5-8,13H,4,9-10H2,1-3H3/t13-,15?/m1/s1. The lowest BCUT2D eigenvalue weighted by molar-refractivity contribution is -0.147. The number of alkyl halides is 1. The minimum absolute atomic E-state index is 0.154. The van der Waals surface area contributed by atoms with Gasteiger partial charge in [0.25, 0.3) is 0 Å². The molecule has 1 unspecified atom stereocenters. The van der Waals surface area contributed by atoms with E-state index in [9.17, 15) is 13.2 Å². The second-order valence-corrected chi connectivity index (χ2v) is 8.37. The molecule has 0 bridgehead atoms. The van der Waals surface area contributed by atoms with Crippen LogP contribution in [0, 0.1) is 6.92 Å². The number of nitrogens with zero attached hydrogens (tertiary/aromatic N) is 1. The maximum atomic E-state index is 12.8. The molecule has 1 fully saturated rings. The first kappa shape index (κ1) is 17.2. The summed E-state index contributed by atoms with van der Waals surface area (Å²) in [5, 5.41) is 0. The molecule has 122 valence electrons. The first-order valence-electron chi connectivity index (χ1n) is 7.14. The van der Waals surface area contributed by atoms with Gasteiger partial charge in [-0.3, -0.25) is 4.79 Å². The lowest BCUT2D eigenvalue weighted by Crippen LogP contribution is -2.48. The van der Waals surface area contributed by atoms with Gasteiger partial charge in [0.05, 0.1) is 16.4 Å². The zero-order valence-electron chi connectivity index (χ0n) is 12.9. The molecule has 1 heterocycles. The van der Waals surface area contributed by atoms with Gasteiger partial charge in [-0.25, -0.2) is 8.42 Å². The summed E-state index contributed by atoms with van der Waals surface area (Å²) in [6, 6.07) is 5.51. The molecule has 1 saturated heterocycles. The van der Waals surface area contributed by atoms with Crippen molar-refractivity contribution < 1.29 is 17.9 Å². The number of hydrogen-bond acceptors (Lipinski definition) is 4. The predicted octanol–water partition coefficient (Wildman–Crippen LogP) is 2.32. The van der Waals surface area contributed by atoms with Gasteiger partial charge in [-0.1, -0.05) is 17.7 Å². The Morgan fingerprint density at radius 2 is 2.00 bits per heavy atom. The Labute approximate surface area is 136 Å². The van der Waals surface area contributed by atoms with E-state index in [4.69, 9.17) is 16.3 Å². The molecule has 2 rings (SSSR count). The van der Waals surface area contributed by atoms with Gasteiger partial charge in [0.1, 0.15) is 6.04 Å². The van der Waals surface area contributed by atoms with Crippen LogP contribution in [0.4, 0.5) is 0 Å². The van der Waals surface area contributed by atoms with Crippen LogP contribution in [0.25, 0.3) is 0 Å². The van der Waals surface area contributed by atoms with Crippen LogP contribution >= 0.6 is 11.6 Å². The summed E-state index contributed by atoms with van der Waals surface area (Å²) in [6.45, 7) is 5.60. The molecule has 0 amide bonds. The van der Waals surface area contributed by atoms with Crippen LogP contribution < -0.4 is 0 Å². The van der Waals surface area contributed by atoms with Gasteiger partial charge in [-0.2, -0.15) is 4.31 Å². The molecule has 5 nitrogen and oxygen atoms in total. The number of ether oxygens (including phenoxy) is 1. The van der Waals surface area contributed by atoms with Crippen molar-refractivity contribution in [1.82, 2.24) is 4.31 Å². The van der Waals surface area contributed by atoms with Crippen LogP contribution in [0.5, 0.6) is 0 Å². The van der Waals surface area contributed by atoms with Crippen LogP contribution in [0.1, 0.15) is 25.8 Å². The van der Waals surface area contributed by atoms with Crippen LogP contribution in [-0.4, -0.2) is 42.8 Å². The molecule has 0 aliphatic carbocycles. The normalized spacial score (nSPS) is 26.1. The summed E-state index contributed by atoms with van der Waals surface area (Å²) in [5.74, 6) is -0.604. The molecule has 1 aromatic carbocycles. The van der Waals surface area contributed by atoms with Gasteiger partial charge in [0, 0.05) is 6.54 Å². The number of aryl methyl sites for hydroxylation is 1. The smallest absolute Gasteiger partial charge is 0.326 e. The van der Waals surface area contributed by atoms with Crippen molar-refractivity contribution in [3.05, 3.63) is 29.8 Å². The largest absolute Gasteiger partial charge is 0.465 e. The van der Waals surface area contributed by atoms with Gasteiger partial charge in [-0.15, -0.1) is 11.6 Å². The van der Waals surface area contributed by atoms with Crippen LogP contribution in [0.2, 0.25) is 0 Å². The third kappa shape index (κ3) is 3.14. The van der Waals surface area contributed by atoms with Gasteiger partial charge in [0.15, 0.2) is 0 Å². The lowest BCUT2D eigenvalue weighted by Gasteiger charge is -2.28. The Morgan fingerprint density at radius 3 is 2.55 bits per heavy atom. The first-order valence-corrected chi connectivity index (χ1v) is 8.96. The number of carbonyl (C=O) groups is 1. The summed E-state index contributed by atoms with van der Waals surface area (Å²) in [4.78, 5) is 11.4. The number of rotatable bonds is 4. The van der Waals surface area contributed by atoms with E-state index in [1.165, 1.54) is 12.1 Å². The molecule has 7 heteroatoms. The highest BCUT2D eigenvalue weighted by Gasteiger charge is 2.52. The van der Waals surface area contributed by atoms with E-state index in [0.717, 1.165) is 9.87 Å². The van der Waals surface area contributed by atoms with E-state index in [0.29, 0.717) is 6.42 Å². The first-order chi connectivity index (χ1) is 10.2. The fourth-order valence-electron chi connectivity index (χ4n) is 2.58. The Bertz CT molecular complexity index is 655. The molecule has 0 saturated carbocycles. The summed E-state index contributed by atoms with van der Waals surface area (Å²) in [5.41, 5.74) is 0.962. The molecule has 1 aromatic rings. The molecule has 0 radical (unpaired) electrons. The third-order valence-corrected chi connectivity index (χ3v) is 6.09. The Balaban J connectivity index is 2.40. The van der Waals surface area contributed by atoms with Crippen molar-refractivity contribution in [3.63, 3.8) is 0 Å². The van der Waals surface area contributed by atoms with Crippen molar-refractivity contribution in [3.8, 4) is 0 Å². The maximum Gasteiger partial charge on any atom is 0.326 e. The van der Waals surface area contributed by atoms with Gasteiger partial charge in [-0.05, 0) is 39.3 Å². The van der Waals surface area contributed by atoms with E-state index in [2.05, 4.69) is 0 Å². The Morgan fingerprint density at radius 1 is 1.41 bits per heavy atom. The minimum Gasteiger partial charge on any atom is -0.465 e. The minimum atomic E-state index is -3.79. The topological polar surface area (TPSA) is 63.7 Å². The summed E-state index contributed by atoms with van der Waals surface area (Å²) < 4.78 is 31.8. The van der Waals surface area contributed by atoms with Gasteiger partial charge < -0.3 is 4.74 Å². The van der Waals surface area contributed by atoms with E-state index in [1.54, 1.807) is 26.0 Å². The number of benzene rings is 1. The SMILES string of the molecule is CCOC(=O)[C@H]1N(S(=O)(=O)c2ccc(C)cc2)CCC1(C)Cl. The quantitative estimate of drug-likeness (QED) is 0.620. The van der Waals surface area contributed by atoms with Crippen molar-refractivity contribution in [2.45, 2.75) is 43.0 Å². The van der Waals surface area contributed by atoms with Crippen molar-refractivity contribution in [2.24, 2.45) is 0 Å². The van der Waals surface area contributed by atoms with E-state index < -0.39 is 26.9 Å². The molecule has 1 aliphatic heterocycles. The Kier molecular flexibility index (Phi) is 4.84. The highest BCUT2D eigenvalue weighted by atomic mass is 35.5. The number of carbonyl (C=O) groups excluding carboxylic acids is 1. The van der Waals surface area contributed by atoms with E-state index in [1.807, 2.05) is 6.92 Å². The van der Waals surface area contributed by atoms with Gasteiger partial charge >= 0.3 is 5.97 Å². The molecule has 0 spiro atoms. The second kappa shape index (κ2) is 6.18. The van der Waals surface area contributed by atoms with Crippen molar-refractivity contribution in [2.75, 3.05) is 13.2 Å². The second-order valence-electron chi connectivity index (χ2n) is 5.61. The number of hydrogen-bond donors (Lipinski definition) is 0. The fraction of sp³-hybridized carbons (Fsp3) is 0.533. The van der Waals surface area contributed by atoms with Crippen molar-refractivity contribution in [1.29, 1.82) is 0 Å².